The van der Waals surface area contributed by atoms with Crippen LogP contribution in [-0.4, -0.2) is 17.4 Å². The van der Waals surface area contributed by atoms with Gasteiger partial charge in [-0.25, -0.2) is 4.98 Å². The molecule has 0 aliphatic heterocycles. The van der Waals surface area contributed by atoms with Gasteiger partial charge in [0.25, 0.3) is 5.91 Å². The SMILES string of the molecule is CCCc1ncc(C(=O)NCC2(C)CCCCC2)s1. The van der Waals surface area contributed by atoms with Crippen LogP contribution >= 0.6 is 11.3 Å². The summed E-state index contributed by atoms with van der Waals surface area (Å²) >= 11 is 1.53. The molecule has 0 atom stereocenters. The van der Waals surface area contributed by atoms with Crippen molar-refractivity contribution in [3.63, 3.8) is 0 Å². The highest BCUT2D eigenvalue weighted by molar-refractivity contribution is 7.13. The topological polar surface area (TPSA) is 42.0 Å². The maximum atomic E-state index is 12.1. The molecule has 1 N–H and O–H groups in total. The summed E-state index contributed by atoms with van der Waals surface area (Å²) < 4.78 is 0. The number of carbonyl (C=O) groups excluding carboxylic acids is 1. The molecular weight excluding hydrogens is 256 g/mol. The van der Waals surface area contributed by atoms with Crippen LogP contribution in [0, 0.1) is 5.41 Å². The number of aromatic nitrogens is 1. The Morgan fingerprint density at radius 1 is 1.42 bits per heavy atom. The lowest BCUT2D eigenvalue weighted by atomic mass is 9.76. The molecule has 1 fully saturated rings. The number of aryl methyl sites for hydroxylation is 1. The predicted molar refractivity (Wildman–Crippen MR) is 79.6 cm³/mol. The Morgan fingerprint density at radius 2 is 2.16 bits per heavy atom. The summed E-state index contributed by atoms with van der Waals surface area (Å²) in [6, 6.07) is 0. The predicted octanol–water partition coefficient (Wildman–Crippen LogP) is 3.80. The first-order valence-electron chi connectivity index (χ1n) is 7.36. The van der Waals surface area contributed by atoms with E-state index in [4.69, 9.17) is 0 Å². The number of carbonyl (C=O) groups is 1. The smallest absolute Gasteiger partial charge is 0.263 e. The van der Waals surface area contributed by atoms with Gasteiger partial charge in [-0.15, -0.1) is 11.3 Å². The van der Waals surface area contributed by atoms with Gasteiger partial charge in [-0.2, -0.15) is 0 Å². The maximum Gasteiger partial charge on any atom is 0.263 e. The third-order valence-electron chi connectivity index (χ3n) is 3.98. The van der Waals surface area contributed by atoms with E-state index in [9.17, 15) is 4.79 Å². The van der Waals surface area contributed by atoms with Crippen molar-refractivity contribution in [2.24, 2.45) is 5.41 Å². The molecular formula is C15H24N2OS. The molecule has 1 saturated carbocycles. The van der Waals surface area contributed by atoms with Crippen LogP contribution in [0.4, 0.5) is 0 Å². The number of thiazole rings is 1. The minimum atomic E-state index is 0.0478. The molecule has 2 rings (SSSR count). The molecule has 0 spiro atoms. The molecule has 4 heteroatoms. The summed E-state index contributed by atoms with van der Waals surface area (Å²) in [6.45, 7) is 5.22. The number of rotatable bonds is 5. The average Bonchev–Trinajstić information content (AvgIpc) is 2.86. The number of nitrogens with one attached hydrogen (secondary N) is 1. The minimum Gasteiger partial charge on any atom is -0.351 e. The van der Waals surface area contributed by atoms with Gasteiger partial charge in [0.1, 0.15) is 4.88 Å². The molecule has 0 saturated heterocycles. The zero-order chi connectivity index (χ0) is 13.7. The largest absolute Gasteiger partial charge is 0.351 e. The fourth-order valence-electron chi connectivity index (χ4n) is 2.71. The van der Waals surface area contributed by atoms with Crippen molar-refractivity contribution < 1.29 is 4.79 Å². The van der Waals surface area contributed by atoms with Crippen LogP contribution in [0.2, 0.25) is 0 Å². The fraction of sp³-hybridized carbons (Fsp3) is 0.733. The Hall–Kier alpha value is -0.900. The van der Waals surface area contributed by atoms with Gasteiger partial charge in [-0.1, -0.05) is 33.1 Å². The summed E-state index contributed by atoms with van der Waals surface area (Å²) in [4.78, 5) is 17.2. The Labute approximate surface area is 119 Å². The quantitative estimate of drug-likeness (QED) is 0.891. The highest BCUT2D eigenvalue weighted by Crippen LogP contribution is 2.35. The second kappa shape index (κ2) is 6.51. The van der Waals surface area contributed by atoms with Crippen molar-refractivity contribution in [2.75, 3.05) is 6.54 Å². The van der Waals surface area contributed by atoms with Crippen LogP contribution in [0.1, 0.15) is 67.1 Å². The molecule has 0 aromatic carbocycles. The molecule has 0 unspecified atom stereocenters. The highest BCUT2D eigenvalue weighted by atomic mass is 32.1. The van der Waals surface area contributed by atoms with E-state index in [-0.39, 0.29) is 5.91 Å². The van der Waals surface area contributed by atoms with E-state index in [1.165, 1.54) is 43.4 Å². The molecule has 0 bridgehead atoms. The molecule has 1 aliphatic rings. The normalized spacial score (nSPS) is 18.2. The molecule has 1 aromatic rings. The molecule has 19 heavy (non-hydrogen) atoms. The van der Waals surface area contributed by atoms with Crippen molar-refractivity contribution >= 4 is 17.2 Å². The molecule has 1 aliphatic carbocycles. The van der Waals surface area contributed by atoms with Crippen LogP contribution in [0.25, 0.3) is 0 Å². The van der Waals surface area contributed by atoms with Gasteiger partial charge in [0.05, 0.1) is 11.2 Å². The first-order valence-corrected chi connectivity index (χ1v) is 8.17. The molecule has 1 aromatic heterocycles. The van der Waals surface area contributed by atoms with Gasteiger partial charge < -0.3 is 5.32 Å². The molecule has 1 amide bonds. The van der Waals surface area contributed by atoms with Crippen LogP contribution in [0.5, 0.6) is 0 Å². The average molecular weight is 280 g/mol. The van der Waals surface area contributed by atoms with E-state index >= 15 is 0 Å². The number of hydrogen-bond acceptors (Lipinski definition) is 3. The molecule has 1 heterocycles. The zero-order valence-electron chi connectivity index (χ0n) is 12.0. The van der Waals surface area contributed by atoms with Crippen LogP contribution in [0.15, 0.2) is 6.20 Å². The lowest BCUT2D eigenvalue weighted by molar-refractivity contribution is 0.0923. The first-order chi connectivity index (χ1) is 9.13. The molecule has 3 nitrogen and oxygen atoms in total. The minimum absolute atomic E-state index is 0.0478. The van der Waals surface area contributed by atoms with Crippen molar-refractivity contribution in [3.05, 3.63) is 16.1 Å². The van der Waals surface area contributed by atoms with Gasteiger partial charge in [-0.05, 0) is 31.1 Å². The van der Waals surface area contributed by atoms with E-state index in [0.717, 1.165) is 29.3 Å². The van der Waals surface area contributed by atoms with Crippen LogP contribution < -0.4 is 5.32 Å². The second-order valence-corrected chi connectivity index (χ2v) is 7.04. The van der Waals surface area contributed by atoms with E-state index < -0.39 is 0 Å². The van der Waals surface area contributed by atoms with E-state index in [1.54, 1.807) is 6.20 Å². The standard InChI is InChI=1S/C15H24N2OS/c1-3-7-13-16-10-12(19-13)14(18)17-11-15(2)8-5-4-6-9-15/h10H,3-9,11H2,1-2H3,(H,17,18). The number of hydrogen-bond donors (Lipinski definition) is 1. The number of amides is 1. The lowest BCUT2D eigenvalue weighted by Gasteiger charge is -2.33. The third-order valence-corrected chi connectivity index (χ3v) is 5.03. The number of nitrogens with zero attached hydrogens (tertiary/aromatic N) is 1. The van der Waals surface area contributed by atoms with Gasteiger partial charge in [0.2, 0.25) is 0 Å². The third kappa shape index (κ3) is 4.03. The summed E-state index contributed by atoms with van der Waals surface area (Å²) in [7, 11) is 0. The van der Waals surface area contributed by atoms with Crippen molar-refractivity contribution in [1.29, 1.82) is 0 Å². The van der Waals surface area contributed by atoms with Gasteiger partial charge in [-0.3, -0.25) is 4.79 Å². The highest BCUT2D eigenvalue weighted by Gasteiger charge is 2.27. The van der Waals surface area contributed by atoms with Crippen LogP contribution in [-0.2, 0) is 6.42 Å². The van der Waals surface area contributed by atoms with Crippen molar-refractivity contribution in [1.82, 2.24) is 10.3 Å². The first kappa shape index (κ1) is 14.5. The van der Waals surface area contributed by atoms with Gasteiger partial charge >= 0.3 is 0 Å². The molecule has 106 valence electrons. The van der Waals surface area contributed by atoms with Gasteiger partial charge in [0, 0.05) is 6.54 Å². The van der Waals surface area contributed by atoms with Crippen molar-refractivity contribution in [3.8, 4) is 0 Å². The Morgan fingerprint density at radius 3 is 2.84 bits per heavy atom. The van der Waals surface area contributed by atoms with E-state index in [0.29, 0.717) is 5.41 Å². The van der Waals surface area contributed by atoms with E-state index in [2.05, 4.69) is 24.1 Å². The Balaban J connectivity index is 1.86. The summed E-state index contributed by atoms with van der Waals surface area (Å²) in [5.41, 5.74) is 0.296. The second-order valence-electron chi connectivity index (χ2n) is 5.92. The molecule has 0 radical (unpaired) electrons. The fourth-order valence-corrected chi connectivity index (χ4v) is 3.64. The zero-order valence-corrected chi connectivity index (χ0v) is 12.8. The summed E-state index contributed by atoms with van der Waals surface area (Å²) in [6.07, 6.45) is 10.2. The van der Waals surface area contributed by atoms with Crippen LogP contribution in [0.3, 0.4) is 0 Å². The monoisotopic (exact) mass is 280 g/mol. The van der Waals surface area contributed by atoms with Crippen molar-refractivity contribution in [2.45, 2.75) is 58.8 Å². The maximum absolute atomic E-state index is 12.1. The Bertz CT molecular complexity index is 422. The summed E-state index contributed by atoms with van der Waals surface area (Å²) in [5.74, 6) is 0.0478. The lowest BCUT2D eigenvalue weighted by Crippen LogP contribution is -2.36. The Kier molecular flexibility index (Phi) is 4.97. The summed E-state index contributed by atoms with van der Waals surface area (Å²) in [5, 5.41) is 4.16. The van der Waals surface area contributed by atoms with Gasteiger partial charge in [0.15, 0.2) is 0 Å². The van der Waals surface area contributed by atoms with E-state index in [1.807, 2.05) is 0 Å².